The Morgan fingerprint density at radius 3 is 2.31 bits per heavy atom. The Hall–Kier alpha value is -2.31. The highest BCUT2D eigenvalue weighted by molar-refractivity contribution is 7.92. The van der Waals surface area contributed by atoms with Crippen LogP contribution in [0.3, 0.4) is 0 Å². The second-order valence-electron chi connectivity index (χ2n) is 6.05. The van der Waals surface area contributed by atoms with Crippen LogP contribution in [0, 0.1) is 0 Å². The highest BCUT2D eigenvalue weighted by atomic mass is 32.2. The van der Waals surface area contributed by atoms with Crippen LogP contribution < -0.4 is 9.64 Å². The predicted molar refractivity (Wildman–Crippen MR) is 106 cm³/mol. The molecule has 1 saturated heterocycles. The summed E-state index contributed by atoms with van der Waals surface area (Å²) < 4.78 is 32.4. The van der Waals surface area contributed by atoms with Gasteiger partial charge < -0.3 is 9.64 Å². The summed E-state index contributed by atoms with van der Waals surface area (Å²) in [5.74, 6) is 0.843. The lowest BCUT2D eigenvalue weighted by molar-refractivity contribution is 0.337. The van der Waals surface area contributed by atoms with Crippen LogP contribution in [-0.4, -0.2) is 45.5 Å². The molecule has 5 nitrogen and oxygen atoms in total. The molecular formula is C20H24N2O3S. The van der Waals surface area contributed by atoms with E-state index in [-0.39, 0.29) is 0 Å². The number of rotatable bonds is 6. The van der Waals surface area contributed by atoms with Crippen LogP contribution in [0.5, 0.6) is 5.75 Å². The summed E-state index contributed by atoms with van der Waals surface area (Å²) in [6.07, 6.45) is 1.64. The van der Waals surface area contributed by atoms with Crippen LogP contribution in [0.2, 0.25) is 0 Å². The van der Waals surface area contributed by atoms with Crippen molar-refractivity contribution in [1.29, 1.82) is 0 Å². The number of anilines is 1. The minimum absolute atomic E-state index is 0.460. The first kappa shape index (κ1) is 18.5. The maximum atomic E-state index is 12.6. The standard InChI is InChI=1S/C20H24N2O3S/c1-2-25-20-11-7-6-10-19(20)21-13-15-22(16-14-21)26(23,24)17-12-18-8-4-3-5-9-18/h3-12,17H,2,13-16H2,1H3/b17-12+. The van der Waals surface area contributed by atoms with Gasteiger partial charge in [-0.1, -0.05) is 42.5 Å². The molecule has 0 N–H and O–H groups in total. The van der Waals surface area contributed by atoms with Gasteiger partial charge in [-0.2, -0.15) is 4.31 Å². The summed E-state index contributed by atoms with van der Waals surface area (Å²) in [5, 5.41) is 1.30. The van der Waals surface area contributed by atoms with Crippen molar-refractivity contribution in [3.8, 4) is 5.75 Å². The summed E-state index contributed by atoms with van der Waals surface area (Å²) in [5.41, 5.74) is 1.89. The quantitative estimate of drug-likeness (QED) is 0.781. The van der Waals surface area contributed by atoms with E-state index in [1.165, 1.54) is 9.71 Å². The van der Waals surface area contributed by atoms with Crippen molar-refractivity contribution in [2.75, 3.05) is 37.7 Å². The Labute approximate surface area is 155 Å². The van der Waals surface area contributed by atoms with Gasteiger partial charge in [-0.05, 0) is 30.7 Å². The molecule has 0 bridgehead atoms. The molecule has 26 heavy (non-hydrogen) atoms. The van der Waals surface area contributed by atoms with Gasteiger partial charge in [0.05, 0.1) is 12.3 Å². The number of para-hydroxylation sites is 2. The average Bonchev–Trinajstić information content (AvgIpc) is 2.68. The average molecular weight is 372 g/mol. The van der Waals surface area contributed by atoms with Crippen LogP contribution in [-0.2, 0) is 10.0 Å². The number of nitrogens with zero attached hydrogens (tertiary/aromatic N) is 2. The first-order valence-electron chi connectivity index (χ1n) is 8.80. The number of hydrogen-bond donors (Lipinski definition) is 0. The zero-order chi connectivity index (χ0) is 18.4. The van der Waals surface area contributed by atoms with Gasteiger partial charge in [0, 0.05) is 31.6 Å². The molecular weight excluding hydrogens is 348 g/mol. The van der Waals surface area contributed by atoms with Crippen LogP contribution in [0.15, 0.2) is 60.0 Å². The van der Waals surface area contributed by atoms with E-state index in [4.69, 9.17) is 4.74 Å². The molecule has 2 aromatic carbocycles. The van der Waals surface area contributed by atoms with Crippen LogP contribution in [0.4, 0.5) is 5.69 Å². The SMILES string of the molecule is CCOc1ccccc1N1CCN(S(=O)(=O)/C=C/c2ccccc2)CC1. The summed E-state index contributed by atoms with van der Waals surface area (Å²) >= 11 is 0. The lowest BCUT2D eigenvalue weighted by atomic mass is 10.2. The maximum absolute atomic E-state index is 12.6. The lowest BCUT2D eigenvalue weighted by Gasteiger charge is -2.35. The smallest absolute Gasteiger partial charge is 0.236 e. The van der Waals surface area contributed by atoms with Crippen molar-refractivity contribution in [3.63, 3.8) is 0 Å². The summed E-state index contributed by atoms with van der Waals surface area (Å²) in [6.45, 7) is 4.77. The van der Waals surface area contributed by atoms with Crippen LogP contribution in [0.25, 0.3) is 6.08 Å². The highest BCUT2D eigenvalue weighted by Crippen LogP contribution is 2.29. The Morgan fingerprint density at radius 2 is 1.62 bits per heavy atom. The zero-order valence-electron chi connectivity index (χ0n) is 14.9. The van der Waals surface area contributed by atoms with Crippen molar-refractivity contribution in [3.05, 3.63) is 65.6 Å². The van der Waals surface area contributed by atoms with E-state index in [9.17, 15) is 8.42 Å². The fourth-order valence-electron chi connectivity index (χ4n) is 2.99. The molecule has 0 spiro atoms. The Kier molecular flexibility index (Phi) is 5.96. The molecule has 0 aromatic heterocycles. The van der Waals surface area contributed by atoms with E-state index in [1.807, 2.05) is 61.5 Å². The van der Waals surface area contributed by atoms with Gasteiger partial charge in [-0.3, -0.25) is 0 Å². The molecule has 3 rings (SSSR count). The summed E-state index contributed by atoms with van der Waals surface area (Å²) in [6, 6.07) is 17.3. The minimum atomic E-state index is -3.41. The fraction of sp³-hybridized carbons (Fsp3) is 0.300. The Morgan fingerprint density at radius 1 is 0.962 bits per heavy atom. The first-order chi connectivity index (χ1) is 12.6. The third-order valence-corrected chi connectivity index (χ3v) is 5.90. The second kappa shape index (κ2) is 8.38. The van der Waals surface area contributed by atoms with E-state index in [0.29, 0.717) is 32.8 Å². The number of piperazine rings is 1. The van der Waals surface area contributed by atoms with Crippen molar-refractivity contribution in [1.82, 2.24) is 4.31 Å². The monoisotopic (exact) mass is 372 g/mol. The predicted octanol–water partition coefficient (Wildman–Crippen LogP) is 3.21. The number of ether oxygens (including phenoxy) is 1. The van der Waals surface area contributed by atoms with Gasteiger partial charge in [-0.25, -0.2) is 8.42 Å². The van der Waals surface area contributed by atoms with Gasteiger partial charge in [-0.15, -0.1) is 0 Å². The van der Waals surface area contributed by atoms with Crippen molar-refractivity contribution in [2.24, 2.45) is 0 Å². The Balaban J connectivity index is 1.66. The molecule has 138 valence electrons. The van der Waals surface area contributed by atoms with E-state index in [2.05, 4.69) is 4.90 Å². The molecule has 0 unspecified atom stereocenters. The number of sulfonamides is 1. The van der Waals surface area contributed by atoms with Gasteiger partial charge in [0.2, 0.25) is 10.0 Å². The van der Waals surface area contributed by atoms with Crippen molar-refractivity contribution < 1.29 is 13.2 Å². The summed E-state index contributed by atoms with van der Waals surface area (Å²) in [4.78, 5) is 2.18. The van der Waals surface area contributed by atoms with E-state index in [1.54, 1.807) is 6.08 Å². The first-order valence-corrected chi connectivity index (χ1v) is 10.3. The van der Waals surface area contributed by atoms with Gasteiger partial charge in [0.25, 0.3) is 0 Å². The topological polar surface area (TPSA) is 49.9 Å². The van der Waals surface area contributed by atoms with Crippen LogP contribution >= 0.6 is 0 Å². The summed E-state index contributed by atoms with van der Waals surface area (Å²) in [7, 11) is -3.41. The molecule has 1 fully saturated rings. The fourth-order valence-corrected chi connectivity index (χ4v) is 4.17. The highest BCUT2D eigenvalue weighted by Gasteiger charge is 2.26. The molecule has 2 aromatic rings. The van der Waals surface area contributed by atoms with E-state index < -0.39 is 10.0 Å². The van der Waals surface area contributed by atoms with Crippen LogP contribution in [0.1, 0.15) is 12.5 Å². The van der Waals surface area contributed by atoms with E-state index in [0.717, 1.165) is 17.0 Å². The van der Waals surface area contributed by atoms with Crippen molar-refractivity contribution >= 4 is 21.8 Å². The molecule has 0 atom stereocenters. The molecule has 1 aliphatic rings. The molecule has 6 heteroatoms. The second-order valence-corrected chi connectivity index (χ2v) is 7.86. The molecule has 0 amide bonds. The third kappa shape index (κ3) is 4.45. The maximum Gasteiger partial charge on any atom is 0.236 e. The minimum Gasteiger partial charge on any atom is -0.492 e. The Bertz CT molecular complexity index is 842. The normalized spacial score (nSPS) is 16.1. The van der Waals surface area contributed by atoms with Gasteiger partial charge >= 0.3 is 0 Å². The zero-order valence-corrected chi connectivity index (χ0v) is 15.7. The molecule has 0 radical (unpaired) electrons. The van der Waals surface area contributed by atoms with Crippen molar-refractivity contribution in [2.45, 2.75) is 6.92 Å². The lowest BCUT2D eigenvalue weighted by Crippen LogP contribution is -2.48. The molecule has 0 saturated carbocycles. The van der Waals surface area contributed by atoms with Gasteiger partial charge in [0.1, 0.15) is 5.75 Å². The molecule has 1 aliphatic heterocycles. The molecule has 1 heterocycles. The number of benzene rings is 2. The van der Waals surface area contributed by atoms with E-state index >= 15 is 0 Å². The number of hydrogen-bond acceptors (Lipinski definition) is 4. The third-order valence-electron chi connectivity index (χ3n) is 4.34. The molecule has 0 aliphatic carbocycles. The van der Waals surface area contributed by atoms with Gasteiger partial charge in [0.15, 0.2) is 0 Å². The largest absolute Gasteiger partial charge is 0.492 e.